The van der Waals surface area contributed by atoms with Crippen molar-refractivity contribution in [3.8, 4) is 5.75 Å². The van der Waals surface area contributed by atoms with Crippen molar-refractivity contribution in [3.63, 3.8) is 0 Å². The maximum Gasteiger partial charge on any atom is 0.338 e. The molecule has 2 aliphatic rings. The molecule has 0 spiro atoms. The highest BCUT2D eigenvalue weighted by molar-refractivity contribution is 8.00. The molecule has 1 aromatic heterocycles. The molecular weight excluding hydrogens is 621 g/mol. The molecule has 3 amide bonds. The van der Waals surface area contributed by atoms with Crippen LogP contribution >= 0.6 is 23.1 Å². The van der Waals surface area contributed by atoms with Crippen LogP contribution < -0.4 is 19.8 Å². The van der Waals surface area contributed by atoms with Crippen molar-refractivity contribution in [2.24, 2.45) is 5.92 Å². The number of aromatic nitrogens is 1. The summed E-state index contributed by atoms with van der Waals surface area (Å²) in [5.41, 5.74) is 1.61. The molecule has 45 heavy (non-hydrogen) atoms. The zero-order valence-electron chi connectivity index (χ0n) is 24.0. The first-order valence-corrected chi connectivity index (χ1v) is 15.6. The zero-order valence-corrected chi connectivity index (χ0v) is 25.7. The van der Waals surface area contributed by atoms with E-state index in [0.717, 1.165) is 28.0 Å². The molecule has 0 saturated carbocycles. The zero-order chi connectivity index (χ0) is 31.8. The fourth-order valence-corrected chi connectivity index (χ4v) is 8.37. The highest BCUT2D eigenvalue weighted by Gasteiger charge is 2.57. The molecule has 2 aliphatic heterocycles. The lowest BCUT2D eigenvalue weighted by Gasteiger charge is -2.31. The molecule has 0 radical (unpaired) electrons. The van der Waals surface area contributed by atoms with Gasteiger partial charge in [0.2, 0.25) is 17.7 Å². The molecule has 3 heterocycles. The normalized spacial score (nSPS) is 18.7. The minimum absolute atomic E-state index is 0.235. The Morgan fingerprint density at radius 2 is 1.67 bits per heavy atom. The molecule has 3 atom stereocenters. The number of imide groups is 1. The molecule has 10 nitrogen and oxygen atoms in total. The van der Waals surface area contributed by atoms with E-state index in [1.54, 1.807) is 43.3 Å². The van der Waals surface area contributed by atoms with Gasteiger partial charge in [0.1, 0.15) is 23.4 Å². The van der Waals surface area contributed by atoms with E-state index in [2.05, 4.69) is 5.32 Å². The molecule has 230 valence electrons. The number of halogens is 1. The molecule has 3 aromatic carbocycles. The largest absolute Gasteiger partial charge is 0.496 e. The van der Waals surface area contributed by atoms with Crippen LogP contribution in [0.25, 0.3) is 0 Å². The summed E-state index contributed by atoms with van der Waals surface area (Å²) < 4.78 is 25.6. The number of benzene rings is 3. The summed E-state index contributed by atoms with van der Waals surface area (Å²) >= 11 is 1.99. The van der Waals surface area contributed by atoms with Crippen LogP contribution in [0.15, 0.2) is 82.6 Å². The van der Waals surface area contributed by atoms with Crippen LogP contribution in [0.5, 0.6) is 5.75 Å². The second-order valence-electron chi connectivity index (χ2n) is 10.2. The van der Waals surface area contributed by atoms with E-state index in [0.29, 0.717) is 32.5 Å². The Labute approximate surface area is 264 Å². The molecule has 0 aliphatic carbocycles. The number of nitrogens with one attached hydrogen (secondary N) is 1. The molecule has 2 unspecified atom stereocenters. The van der Waals surface area contributed by atoms with Crippen molar-refractivity contribution in [3.05, 3.63) is 104 Å². The summed E-state index contributed by atoms with van der Waals surface area (Å²) in [6.07, 6.45) is 0. The summed E-state index contributed by atoms with van der Waals surface area (Å²) in [5.74, 6) is -3.57. The summed E-state index contributed by atoms with van der Waals surface area (Å²) in [5, 5.41) is 2.23. The van der Waals surface area contributed by atoms with Crippen molar-refractivity contribution < 1.29 is 33.0 Å². The number of amides is 3. The Bertz CT molecular complexity index is 1870. The number of nitrogens with zero attached hydrogens (tertiary/aromatic N) is 2. The van der Waals surface area contributed by atoms with Gasteiger partial charge in [-0.25, -0.2) is 14.1 Å². The summed E-state index contributed by atoms with van der Waals surface area (Å²) in [6.45, 7) is 1.59. The van der Waals surface area contributed by atoms with Gasteiger partial charge in [0.15, 0.2) is 0 Å². The maximum absolute atomic E-state index is 14.0. The van der Waals surface area contributed by atoms with Gasteiger partial charge in [-0.15, -0.1) is 0 Å². The van der Waals surface area contributed by atoms with Crippen LogP contribution in [0.3, 0.4) is 0 Å². The number of ether oxygens (including phenoxy) is 2. The number of thiazole rings is 1. The predicted molar refractivity (Wildman–Crippen MR) is 166 cm³/mol. The average Bonchev–Trinajstić information content (AvgIpc) is 3.48. The third-order valence-corrected chi connectivity index (χ3v) is 10.2. The number of para-hydroxylation sites is 1. The standard InChI is InChI=1S/C32H26FN3O7S2/c1-3-43-31(40)17-8-12-19(13-9-17)34-23(37)16-35-30-27(45-32(35)41)24(21-6-4-5-7-22(21)42-2)25-26(44-30)29(39)36(28(25)38)20-14-10-18(33)11-15-20/h4-15,24-26H,3,16H2,1-2H3,(H,34,37)/t24-,25?,26?/m1/s1. The van der Waals surface area contributed by atoms with Crippen LogP contribution in [-0.4, -0.2) is 47.2 Å². The molecule has 1 N–H and O–H groups in total. The maximum atomic E-state index is 14.0. The second-order valence-corrected chi connectivity index (χ2v) is 12.4. The van der Waals surface area contributed by atoms with Crippen LogP contribution in [0.4, 0.5) is 15.8 Å². The first-order valence-electron chi connectivity index (χ1n) is 13.9. The Morgan fingerprint density at radius 1 is 0.956 bits per heavy atom. The number of carbonyl (C=O) groups excluding carboxylic acids is 4. The highest BCUT2D eigenvalue weighted by atomic mass is 32.2. The number of fused-ring (bicyclic) bond motifs is 2. The fourth-order valence-electron chi connectivity index (χ4n) is 5.61. The lowest BCUT2D eigenvalue weighted by atomic mass is 9.82. The molecule has 4 aromatic rings. The Kier molecular flexibility index (Phi) is 8.30. The molecule has 6 rings (SSSR count). The number of rotatable bonds is 8. The number of hydrogen-bond acceptors (Lipinski definition) is 9. The Morgan fingerprint density at radius 3 is 2.36 bits per heavy atom. The number of carbonyl (C=O) groups is 4. The number of anilines is 2. The monoisotopic (exact) mass is 647 g/mol. The third kappa shape index (κ3) is 5.53. The third-order valence-electron chi connectivity index (χ3n) is 7.59. The quantitative estimate of drug-likeness (QED) is 0.216. The van der Waals surface area contributed by atoms with Crippen LogP contribution in [0.2, 0.25) is 0 Å². The smallest absolute Gasteiger partial charge is 0.338 e. The predicted octanol–water partition coefficient (Wildman–Crippen LogP) is 4.67. The van der Waals surface area contributed by atoms with Gasteiger partial charge in [-0.2, -0.15) is 0 Å². The van der Waals surface area contributed by atoms with Gasteiger partial charge in [-0.1, -0.05) is 41.3 Å². The minimum atomic E-state index is -0.913. The summed E-state index contributed by atoms with van der Waals surface area (Å²) in [7, 11) is 1.50. The fraction of sp³-hybridized carbons (Fsp3) is 0.219. The SMILES string of the molecule is CCOC(=O)c1ccc(NC(=O)Cn2c3c(sc2=O)[C@H](c2ccccc2OC)C2C(=O)N(c4ccc(F)cc4)C(=O)C2S3)cc1. The topological polar surface area (TPSA) is 124 Å². The van der Waals surface area contributed by atoms with Gasteiger partial charge in [0, 0.05) is 22.0 Å². The van der Waals surface area contributed by atoms with Crippen LogP contribution in [0, 0.1) is 11.7 Å². The van der Waals surface area contributed by atoms with Gasteiger partial charge < -0.3 is 14.8 Å². The summed E-state index contributed by atoms with van der Waals surface area (Å²) in [6, 6.07) is 18.4. The number of hydrogen-bond donors (Lipinski definition) is 1. The van der Waals surface area contributed by atoms with Gasteiger partial charge in [-0.3, -0.25) is 23.7 Å². The minimum Gasteiger partial charge on any atom is -0.496 e. The summed E-state index contributed by atoms with van der Waals surface area (Å²) in [4.78, 5) is 67.5. The molecule has 1 saturated heterocycles. The first kappa shape index (κ1) is 30.3. The van der Waals surface area contributed by atoms with Crippen molar-refractivity contribution >= 4 is 58.2 Å². The average molecular weight is 648 g/mol. The van der Waals surface area contributed by atoms with Gasteiger partial charge >= 0.3 is 10.8 Å². The van der Waals surface area contributed by atoms with E-state index in [4.69, 9.17) is 9.47 Å². The van der Waals surface area contributed by atoms with Crippen molar-refractivity contribution in [2.75, 3.05) is 23.9 Å². The van der Waals surface area contributed by atoms with E-state index < -0.39 is 51.5 Å². The lowest BCUT2D eigenvalue weighted by molar-refractivity contribution is -0.122. The number of methoxy groups -OCH3 is 1. The molecule has 1 fully saturated rings. The molecular formula is C32H26FN3O7S2. The van der Waals surface area contributed by atoms with Gasteiger partial charge in [0.25, 0.3) is 0 Å². The van der Waals surface area contributed by atoms with E-state index in [1.807, 2.05) is 0 Å². The number of thioether (sulfide) groups is 1. The van der Waals surface area contributed by atoms with Gasteiger partial charge in [0.05, 0.1) is 35.9 Å². The van der Waals surface area contributed by atoms with E-state index >= 15 is 0 Å². The lowest BCUT2D eigenvalue weighted by Crippen LogP contribution is -2.33. The van der Waals surface area contributed by atoms with Gasteiger partial charge in [-0.05, 0) is 61.5 Å². The van der Waals surface area contributed by atoms with Crippen LogP contribution in [-0.2, 0) is 25.7 Å². The van der Waals surface area contributed by atoms with E-state index in [1.165, 1.54) is 48.1 Å². The first-order chi connectivity index (χ1) is 21.7. The van der Waals surface area contributed by atoms with Crippen molar-refractivity contribution in [1.29, 1.82) is 0 Å². The van der Waals surface area contributed by atoms with E-state index in [9.17, 15) is 28.4 Å². The Balaban J connectivity index is 1.35. The van der Waals surface area contributed by atoms with Crippen LogP contribution in [0.1, 0.15) is 33.6 Å². The number of esters is 1. The Hall–Kier alpha value is -4.75. The van der Waals surface area contributed by atoms with E-state index in [-0.39, 0.29) is 18.8 Å². The van der Waals surface area contributed by atoms with Crippen molar-refractivity contribution in [1.82, 2.24) is 4.57 Å². The highest BCUT2D eigenvalue weighted by Crippen LogP contribution is 2.55. The second kappa shape index (κ2) is 12.3. The molecule has 0 bridgehead atoms. The molecule has 13 heteroatoms. The van der Waals surface area contributed by atoms with Crippen molar-refractivity contribution in [2.45, 2.75) is 29.7 Å².